The lowest BCUT2D eigenvalue weighted by atomic mass is 9.76. The summed E-state index contributed by atoms with van der Waals surface area (Å²) in [5.41, 5.74) is 1.48. The Morgan fingerprint density at radius 1 is 1.14 bits per heavy atom. The van der Waals surface area contributed by atoms with E-state index in [4.69, 9.17) is 11.6 Å². The van der Waals surface area contributed by atoms with Crippen LogP contribution < -0.4 is 16.1 Å². The number of fused-ring (bicyclic) bond motifs is 3. The first-order valence-corrected chi connectivity index (χ1v) is 12.9. The van der Waals surface area contributed by atoms with Crippen LogP contribution >= 0.6 is 11.6 Å². The van der Waals surface area contributed by atoms with Crippen molar-refractivity contribution >= 4 is 28.5 Å². The largest absolute Gasteiger partial charge is 0.390 e. The average Bonchev–Trinajstić information content (AvgIpc) is 3.11. The Labute approximate surface area is 209 Å². The maximum absolute atomic E-state index is 13.2. The van der Waals surface area contributed by atoms with Crippen LogP contribution in [0, 0.1) is 17.8 Å². The zero-order chi connectivity index (χ0) is 24.2. The summed E-state index contributed by atoms with van der Waals surface area (Å²) in [6, 6.07) is 14.8. The lowest BCUT2D eigenvalue weighted by molar-refractivity contribution is -0.0247. The van der Waals surface area contributed by atoms with Crippen LogP contribution in [0.4, 0.5) is 4.79 Å². The van der Waals surface area contributed by atoms with Crippen molar-refractivity contribution in [3.63, 3.8) is 0 Å². The van der Waals surface area contributed by atoms with E-state index in [1.807, 2.05) is 34.9 Å². The quantitative estimate of drug-likeness (QED) is 0.491. The van der Waals surface area contributed by atoms with Crippen molar-refractivity contribution < 1.29 is 9.90 Å². The Kier molecular flexibility index (Phi) is 5.61. The van der Waals surface area contributed by atoms with E-state index in [0.29, 0.717) is 33.7 Å². The van der Waals surface area contributed by atoms with E-state index in [0.717, 1.165) is 43.3 Å². The molecular weight excluding hydrogens is 462 g/mol. The smallest absolute Gasteiger partial charge is 0.315 e. The lowest BCUT2D eigenvalue weighted by Gasteiger charge is -2.35. The summed E-state index contributed by atoms with van der Waals surface area (Å²) in [5, 5.41) is 18.2. The second kappa shape index (κ2) is 8.68. The number of aromatic nitrogens is 1. The van der Waals surface area contributed by atoms with Gasteiger partial charge in [-0.2, -0.15) is 0 Å². The van der Waals surface area contributed by atoms with Crippen molar-refractivity contribution in [1.29, 1.82) is 0 Å². The van der Waals surface area contributed by atoms with Gasteiger partial charge in [-0.05, 0) is 86.6 Å². The summed E-state index contributed by atoms with van der Waals surface area (Å²) in [5.74, 6) is 1.51. The first-order valence-electron chi connectivity index (χ1n) is 12.5. The molecule has 7 heteroatoms. The van der Waals surface area contributed by atoms with Crippen LogP contribution in [0.5, 0.6) is 0 Å². The van der Waals surface area contributed by atoms with Gasteiger partial charge in [0.25, 0.3) is 0 Å². The minimum absolute atomic E-state index is 0.0686. The number of nitrogens with zero attached hydrogens (tertiary/aromatic N) is 1. The number of carbonyl (C=O) groups excluding carboxylic acids is 1. The zero-order valence-corrected chi connectivity index (χ0v) is 20.3. The number of pyridine rings is 1. The normalized spacial score (nSPS) is 29.2. The molecule has 35 heavy (non-hydrogen) atoms. The van der Waals surface area contributed by atoms with Gasteiger partial charge in [0.2, 0.25) is 0 Å². The van der Waals surface area contributed by atoms with Crippen molar-refractivity contribution in [2.45, 2.75) is 56.7 Å². The molecule has 6 rings (SSSR count). The molecule has 2 aromatic carbocycles. The molecule has 5 unspecified atom stereocenters. The molecule has 3 fully saturated rings. The minimum Gasteiger partial charge on any atom is -0.390 e. The van der Waals surface area contributed by atoms with E-state index < -0.39 is 5.60 Å². The molecule has 3 aromatic rings. The van der Waals surface area contributed by atoms with Crippen molar-refractivity contribution in [3.05, 3.63) is 75.5 Å². The number of carbonyl (C=O) groups is 1. The Hall–Kier alpha value is -2.83. The maximum Gasteiger partial charge on any atom is 0.315 e. The molecular formula is C28H30ClN3O3. The van der Waals surface area contributed by atoms with Crippen LogP contribution in [-0.4, -0.2) is 27.3 Å². The van der Waals surface area contributed by atoms with Gasteiger partial charge in [-0.15, -0.1) is 0 Å². The van der Waals surface area contributed by atoms with Gasteiger partial charge in [0, 0.05) is 40.4 Å². The number of benzene rings is 2. The number of rotatable bonds is 4. The Balaban J connectivity index is 1.22. The molecule has 3 aliphatic carbocycles. The highest BCUT2D eigenvalue weighted by Gasteiger charge is 2.52. The van der Waals surface area contributed by atoms with Crippen molar-refractivity contribution in [1.82, 2.24) is 15.2 Å². The number of amides is 2. The zero-order valence-electron chi connectivity index (χ0n) is 19.5. The van der Waals surface area contributed by atoms with E-state index in [1.165, 1.54) is 6.42 Å². The van der Waals surface area contributed by atoms with Crippen LogP contribution in [0.1, 0.15) is 44.1 Å². The molecule has 0 aliphatic heterocycles. The molecule has 3 saturated carbocycles. The van der Waals surface area contributed by atoms with Crippen molar-refractivity contribution in [2.75, 3.05) is 0 Å². The average molecular weight is 492 g/mol. The van der Waals surface area contributed by atoms with Crippen molar-refractivity contribution in [2.24, 2.45) is 17.8 Å². The van der Waals surface area contributed by atoms with E-state index >= 15 is 0 Å². The highest BCUT2D eigenvalue weighted by atomic mass is 35.5. The third-order valence-corrected chi connectivity index (χ3v) is 8.66. The fraction of sp³-hybridized carbons (Fsp3) is 0.429. The topological polar surface area (TPSA) is 83.4 Å². The van der Waals surface area contributed by atoms with E-state index in [1.54, 1.807) is 24.4 Å². The Morgan fingerprint density at radius 2 is 1.97 bits per heavy atom. The fourth-order valence-corrected chi connectivity index (χ4v) is 7.14. The third-order valence-electron chi connectivity index (χ3n) is 8.43. The summed E-state index contributed by atoms with van der Waals surface area (Å²) in [6.07, 6.45) is 7.39. The number of urea groups is 1. The predicted octanol–water partition coefficient (Wildman–Crippen LogP) is 4.77. The monoisotopic (exact) mass is 491 g/mol. The molecule has 3 aliphatic rings. The van der Waals surface area contributed by atoms with Gasteiger partial charge in [-0.25, -0.2) is 4.79 Å². The molecule has 5 atom stereocenters. The second-order valence-electron chi connectivity index (χ2n) is 10.7. The lowest BCUT2D eigenvalue weighted by Crippen LogP contribution is -2.46. The second-order valence-corrected chi connectivity index (χ2v) is 11.2. The number of hydrogen-bond donors (Lipinski definition) is 3. The maximum atomic E-state index is 13.2. The standard InChI is InChI=1S/C28H30ClN3O3/c29-20-6-7-22-25(12-20)32(21-4-2-1-3-5-21)16-19(26(22)33)15-30-27(34)31-24-8-9-28(35)13-17-10-18(14-28)23(24)11-17/h1-7,12,16-18,23-24,35H,8-11,13-15H2,(H2,30,31,34). The molecule has 3 N–H and O–H groups in total. The Morgan fingerprint density at radius 3 is 2.80 bits per heavy atom. The van der Waals surface area contributed by atoms with Crippen molar-refractivity contribution in [3.8, 4) is 5.69 Å². The highest BCUT2D eigenvalue weighted by molar-refractivity contribution is 6.31. The van der Waals surface area contributed by atoms with Gasteiger partial charge < -0.3 is 20.3 Å². The van der Waals surface area contributed by atoms with Crippen LogP contribution in [-0.2, 0) is 6.54 Å². The van der Waals surface area contributed by atoms with E-state index in [2.05, 4.69) is 10.6 Å². The summed E-state index contributed by atoms with van der Waals surface area (Å²) >= 11 is 6.24. The van der Waals surface area contributed by atoms with Crippen LogP contribution in [0.25, 0.3) is 16.6 Å². The third kappa shape index (κ3) is 4.23. The molecule has 3 bridgehead atoms. The summed E-state index contributed by atoms with van der Waals surface area (Å²) in [4.78, 5) is 26.2. The molecule has 1 aromatic heterocycles. The highest BCUT2D eigenvalue weighted by Crippen LogP contribution is 2.54. The van der Waals surface area contributed by atoms with Gasteiger partial charge >= 0.3 is 6.03 Å². The number of para-hydroxylation sites is 1. The molecule has 0 radical (unpaired) electrons. The molecule has 182 valence electrons. The van der Waals surface area contributed by atoms with Gasteiger partial charge in [0.1, 0.15) is 0 Å². The SMILES string of the molecule is O=C(NCc1cn(-c2ccccc2)c2cc(Cl)ccc2c1=O)NC1CCC2(O)CC3CC(C2)C1C3. The summed E-state index contributed by atoms with van der Waals surface area (Å²) in [7, 11) is 0. The first kappa shape index (κ1) is 22.6. The van der Waals surface area contributed by atoms with Crippen LogP contribution in [0.2, 0.25) is 5.02 Å². The molecule has 0 saturated heterocycles. The number of halogens is 1. The molecule has 1 heterocycles. The van der Waals surface area contributed by atoms with Gasteiger partial charge in [-0.1, -0.05) is 29.8 Å². The van der Waals surface area contributed by atoms with Crippen LogP contribution in [0.3, 0.4) is 0 Å². The van der Waals surface area contributed by atoms with E-state index in [-0.39, 0.29) is 24.0 Å². The minimum atomic E-state index is -0.550. The number of aliphatic hydroxyl groups is 1. The summed E-state index contributed by atoms with van der Waals surface area (Å²) in [6.45, 7) is 0.128. The van der Waals surface area contributed by atoms with Gasteiger partial charge in [0.05, 0.1) is 11.1 Å². The van der Waals surface area contributed by atoms with Gasteiger partial charge in [0.15, 0.2) is 5.43 Å². The number of nitrogens with one attached hydrogen (secondary N) is 2. The van der Waals surface area contributed by atoms with E-state index in [9.17, 15) is 14.7 Å². The van der Waals surface area contributed by atoms with Crippen LogP contribution in [0.15, 0.2) is 59.5 Å². The Bertz CT molecular complexity index is 1340. The predicted molar refractivity (Wildman–Crippen MR) is 137 cm³/mol. The molecule has 2 amide bonds. The van der Waals surface area contributed by atoms with Gasteiger partial charge in [-0.3, -0.25) is 4.79 Å². The number of hydrogen-bond acceptors (Lipinski definition) is 3. The molecule has 6 nitrogen and oxygen atoms in total. The fourth-order valence-electron chi connectivity index (χ4n) is 6.98. The summed E-state index contributed by atoms with van der Waals surface area (Å²) < 4.78 is 1.94. The first-order chi connectivity index (χ1) is 16.9. The molecule has 0 spiro atoms.